The van der Waals surface area contributed by atoms with Gasteiger partial charge in [0.15, 0.2) is 0 Å². The predicted octanol–water partition coefficient (Wildman–Crippen LogP) is -0.183. The number of carbonyl (C=O) groups is 1. The van der Waals surface area contributed by atoms with Crippen molar-refractivity contribution >= 4 is 18.6 Å². The second kappa shape index (κ2) is 5.65. The summed E-state index contributed by atoms with van der Waals surface area (Å²) in [6.45, 7) is 1.70. The molecule has 86 valence electrons. The molecule has 1 aromatic carbocycles. The van der Waals surface area contributed by atoms with E-state index < -0.39 is 19.4 Å². The van der Waals surface area contributed by atoms with E-state index in [4.69, 9.17) is 14.9 Å². The summed E-state index contributed by atoms with van der Waals surface area (Å²) in [6.07, 6.45) is -0.723. The smallest absolute Gasteiger partial charge is 0.478 e. The van der Waals surface area contributed by atoms with Crippen LogP contribution in [0.2, 0.25) is 0 Å². The van der Waals surface area contributed by atoms with E-state index in [-0.39, 0.29) is 5.56 Å². The number of aliphatic hydroxyl groups excluding tert-OH is 1. The van der Waals surface area contributed by atoms with Crippen LogP contribution in [-0.4, -0.2) is 34.6 Å². The Morgan fingerprint density at radius 3 is 2.81 bits per heavy atom. The minimum Gasteiger partial charge on any atom is -0.478 e. The van der Waals surface area contributed by atoms with E-state index >= 15 is 0 Å². The third-order valence-electron chi connectivity index (χ3n) is 2.05. The average Bonchev–Trinajstić information content (AvgIpc) is 2.28. The Hall–Kier alpha value is -1.37. The molecule has 0 saturated carbocycles. The van der Waals surface area contributed by atoms with Crippen LogP contribution in [0.4, 0.5) is 0 Å². The molecule has 0 spiro atoms. The summed E-state index contributed by atoms with van der Waals surface area (Å²) >= 11 is 0. The van der Waals surface area contributed by atoms with Crippen LogP contribution in [0.5, 0.6) is 0 Å². The summed E-state index contributed by atoms with van der Waals surface area (Å²) in [5, 5.41) is 27.5. The molecule has 0 bridgehead atoms. The van der Waals surface area contributed by atoms with Crippen molar-refractivity contribution in [1.82, 2.24) is 0 Å². The summed E-state index contributed by atoms with van der Waals surface area (Å²) in [5.74, 6) is -1.08. The summed E-state index contributed by atoms with van der Waals surface area (Å²) < 4.78 is 4.84. The zero-order valence-electron chi connectivity index (χ0n) is 8.83. The molecule has 0 aliphatic rings. The summed E-state index contributed by atoms with van der Waals surface area (Å²) in [4.78, 5) is 10.7. The highest BCUT2D eigenvalue weighted by Gasteiger charge is 2.20. The van der Waals surface area contributed by atoms with Gasteiger partial charge >= 0.3 is 13.1 Å². The minimum absolute atomic E-state index is 0.0612. The average molecular weight is 224 g/mol. The standard InChI is InChI=1S/C10H13BO5/c1-2-9(12)16-11(15)8-5-3-4-7(6-8)10(13)14/h3-6,9,12,15H,2H2,1H3,(H,13,14). The van der Waals surface area contributed by atoms with Gasteiger partial charge in [0.2, 0.25) is 0 Å². The Kier molecular flexibility index (Phi) is 4.48. The lowest BCUT2D eigenvalue weighted by Gasteiger charge is -2.13. The molecular formula is C10H13BO5. The molecule has 1 unspecified atom stereocenters. The van der Waals surface area contributed by atoms with Crippen molar-refractivity contribution < 1.29 is 24.7 Å². The SMILES string of the molecule is CCC(O)OB(O)c1cccc(C(=O)O)c1. The zero-order valence-corrected chi connectivity index (χ0v) is 8.83. The van der Waals surface area contributed by atoms with E-state index in [0.29, 0.717) is 11.9 Å². The Morgan fingerprint density at radius 2 is 2.25 bits per heavy atom. The normalized spacial score (nSPS) is 12.2. The van der Waals surface area contributed by atoms with Crippen LogP contribution in [0.1, 0.15) is 23.7 Å². The lowest BCUT2D eigenvalue weighted by Crippen LogP contribution is -2.37. The molecule has 0 fully saturated rings. The van der Waals surface area contributed by atoms with Crippen molar-refractivity contribution in [2.45, 2.75) is 19.6 Å². The summed E-state index contributed by atoms with van der Waals surface area (Å²) in [6, 6.07) is 5.74. The number of rotatable bonds is 5. The van der Waals surface area contributed by atoms with Crippen LogP contribution in [-0.2, 0) is 4.65 Å². The number of benzene rings is 1. The molecule has 1 atom stereocenters. The van der Waals surface area contributed by atoms with Crippen LogP contribution in [0, 0.1) is 0 Å². The van der Waals surface area contributed by atoms with E-state index in [9.17, 15) is 9.82 Å². The fourth-order valence-electron chi connectivity index (χ4n) is 1.15. The van der Waals surface area contributed by atoms with Gasteiger partial charge in [-0.15, -0.1) is 0 Å². The van der Waals surface area contributed by atoms with Crippen LogP contribution in [0.25, 0.3) is 0 Å². The quantitative estimate of drug-likeness (QED) is 0.477. The fourth-order valence-corrected chi connectivity index (χ4v) is 1.15. The van der Waals surface area contributed by atoms with Gasteiger partial charge in [0.25, 0.3) is 0 Å². The lowest BCUT2D eigenvalue weighted by molar-refractivity contribution is -0.0308. The highest BCUT2D eigenvalue weighted by atomic mass is 16.6. The first-order valence-electron chi connectivity index (χ1n) is 4.89. The van der Waals surface area contributed by atoms with E-state index in [1.807, 2.05) is 0 Å². The first-order chi connectivity index (χ1) is 7.54. The van der Waals surface area contributed by atoms with Gasteiger partial charge in [-0.1, -0.05) is 19.1 Å². The van der Waals surface area contributed by atoms with Crippen LogP contribution >= 0.6 is 0 Å². The number of carboxylic acids is 1. The number of hydrogen-bond acceptors (Lipinski definition) is 4. The largest absolute Gasteiger partial charge is 0.493 e. The van der Waals surface area contributed by atoms with Crippen molar-refractivity contribution in [3.63, 3.8) is 0 Å². The first kappa shape index (κ1) is 12.7. The molecule has 5 nitrogen and oxygen atoms in total. The second-order valence-corrected chi connectivity index (χ2v) is 3.28. The molecule has 0 amide bonds. The highest BCUT2D eigenvalue weighted by Crippen LogP contribution is 2.00. The highest BCUT2D eigenvalue weighted by molar-refractivity contribution is 6.60. The zero-order chi connectivity index (χ0) is 12.1. The lowest BCUT2D eigenvalue weighted by atomic mass is 9.78. The number of hydrogen-bond donors (Lipinski definition) is 3. The summed E-state index contributed by atoms with van der Waals surface area (Å²) in [5.41, 5.74) is 0.360. The van der Waals surface area contributed by atoms with Crippen LogP contribution < -0.4 is 5.46 Å². The maximum atomic E-state index is 10.7. The maximum Gasteiger partial charge on any atom is 0.493 e. The molecule has 3 N–H and O–H groups in total. The van der Waals surface area contributed by atoms with Gasteiger partial charge in [-0.3, -0.25) is 0 Å². The predicted molar refractivity (Wildman–Crippen MR) is 58.4 cm³/mol. The van der Waals surface area contributed by atoms with Gasteiger partial charge in [-0.2, -0.15) is 0 Å². The van der Waals surface area contributed by atoms with Crippen LogP contribution in [0.3, 0.4) is 0 Å². The van der Waals surface area contributed by atoms with Crippen molar-refractivity contribution in [3.8, 4) is 0 Å². The van der Waals surface area contributed by atoms with E-state index in [0.717, 1.165) is 0 Å². The molecular weight excluding hydrogens is 211 g/mol. The molecule has 0 saturated heterocycles. The maximum absolute atomic E-state index is 10.7. The Bertz CT molecular complexity index is 368. The molecule has 0 aliphatic carbocycles. The van der Waals surface area contributed by atoms with Crippen molar-refractivity contribution in [1.29, 1.82) is 0 Å². The summed E-state index contributed by atoms with van der Waals surface area (Å²) in [7, 11) is -1.32. The first-order valence-corrected chi connectivity index (χ1v) is 4.89. The molecule has 16 heavy (non-hydrogen) atoms. The molecule has 1 rings (SSSR count). The van der Waals surface area contributed by atoms with E-state index in [1.165, 1.54) is 24.3 Å². The van der Waals surface area contributed by atoms with E-state index in [1.54, 1.807) is 6.92 Å². The molecule has 0 radical (unpaired) electrons. The minimum atomic E-state index is -1.32. The topological polar surface area (TPSA) is 87.0 Å². The molecule has 0 aliphatic heterocycles. The van der Waals surface area contributed by atoms with Gasteiger partial charge in [0.05, 0.1) is 5.56 Å². The van der Waals surface area contributed by atoms with Gasteiger partial charge in [0.1, 0.15) is 6.29 Å². The molecule has 1 aromatic rings. The fraction of sp³-hybridized carbons (Fsp3) is 0.300. The number of carboxylic acid groups (broad SMARTS) is 1. The van der Waals surface area contributed by atoms with Gasteiger partial charge in [-0.25, -0.2) is 4.79 Å². The Labute approximate surface area is 93.4 Å². The Morgan fingerprint density at radius 1 is 1.56 bits per heavy atom. The second-order valence-electron chi connectivity index (χ2n) is 3.28. The Balaban J connectivity index is 2.79. The van der Waals surface area contributed by atoms with Crippen molar-refractivity contribution in [2.75, 3.05) is 0 Å². The van der Waals surface area contributed by atoms with Gasteiger partial charge in [0, 0.05) is 0 Å². The van der Waals surface area contributed by atoms with E-state index in [2.05, 4.69) is 0 Å². The van der Waals surface area contributed by atoms with Crippen molar-refractivity contribution in [2.24, 2.45) is 0 Å². The molecule has 6 heteroatoms. The van der Waals surface area contributed by atoms with Gasteiger partial charge < -0.3 is 19.9 Å². The number of aromatic carboxylic acids is 1. The number of aliphatic hydroxyl groups is 1. The third-order valence-corrected chi connectivity index (χ3v) is 2.05. The third kappa shape index (κ3) is 3.34. The molecule has 0 aromatic heterocycles. The van der Waals surface area contributed by atoms with Crippen LogP contribution in [0.15, 0.2) is 24.3 Å². The monoisotopic (exact) mass is 224 g/mol. The van der Waals surface area contributed by atoms with Gasteiger partial charge in [-0.05, 0) is 24.0 Å². The molecule has 0 heterocycles. The van der Waals surface area contributed by atoms with Crippen molar-refractivity contribution in [3.05, 3.63) is 29.8 Å².